The van der Waals surface area contributed by atoms with Crippen molar-refractivity contribution in [1.29, 1.82) is 0 Å². The summed E-state index contributed by atoms with van der Waals surface area (Å²) in [7, 11) is 1.36. The second-order valence-corrected chi connectivity index (χ2v) is 7.47. The van der Waals surface area contributed by atoms with Crippen LogP contribution in [0.25, 0.3) is 11.1 Å². The lowest BCUT2D eigenvalue weighted by atomic mass is 10.1. The van der Waals surface area contributed by atoms with E-state index >= 15 is 0 Å². The fraction of sp³-hybridized carbons (Fsp3) is 0.333. The minimum atomic E-state index is -0.699. The highest BCUT2D eigenvalue weighted by Gasteiger charge is 2.25. The number of hydrogen-bond acceptors (Lipinski definition) is 5. The number of carbonyl (C=O) groups excluding carboxylic acids is 1. The van der Waals surface area contributed by atoms with Gasteiger partial charge in [-0.15, -0.1) is 0 Å². The molecule has 0 atom stereocenters. The third-order valence-electron chi connectivity index (χ3n) is 4.71. The lowest BCUT2D eigenvalue weighted by Gasteiger charge is -2.17. The maximum Gasteiger partial charge on any atom is 0.334 e. The van der Waals surface area contributed by atoms with E-state index in [0.717, 1.165) is 25.0 Å². The molecule has 0 saturated heterocycles. The third-order valence-corrected chi connectivity index (χ3v) is 5.39. The molecule has 7 nitrogen and oxygen atoms in total. The molecule has 0 saturated carbocycles. The molecule has 0 fully saturated rings. The van der Waals surface area contributed by atoms with Crippen molar-refractivity contribution in [3.63, 3.8) is 0 Å². The summed E-state index contributed by atoms with van der Waals surface area (Å²) in [5.41, 5.74) is -0.338. The molecule has 0 radical (unpaired) electrons. The average molecular weight is 471 g/mol. The van der Waals surface area contributed by atoms with Gasteiger partial charge < -0.3 is 14.2 Å². The minimum Gasteiger partial charge on any atom is -0.497 e. The van der Waals surface area contributed by atoms with Crippen molar-refractivity contribution in [2.24, 2.45) is 0 Å². The molecule has 0 N–H and O–H groups in total. The number of benzene rings is 1. The van der Waals surface area contributed by atoms with Crippen LogP contribution in [0.3, 0.4) is 0 Å². The first-order chi connectivity index (χ1) is 14.9. The fourth-order valence-electron chi connectivity index (χ4n) is 3.21. The Morgan fingerprint density at radius 2 is 1.97 bits per heavy atom. The van der Waals surface area contributed by atoms with Crippen molar-refractivity contribution < 1.29 is 23.4 Å². The van der Waals surface area contributed by atoms with Gasteiger partial charge in [0.2, 0.25) is 0 Å². The maximum absolute atomic E-state index is 14.7. The van der Waals surface area contributed by atoms with Gasteiger partial charge in [-0.05, 0) is 25.0 Å². The zero-order valence-electron chi connectivity index (χ0n) is 16.8. The van der Waals surface area contributed by atoms with E-state index in [4.69, 9.17) is 37.4 Å². The number of methoxy groups -OCH3 is 1. The zero-order chi connectivity index (χ0) is 22.5. The van der Waals surface area contributed by atoms with Crippen molar-refractivity contribution in [2.75, 3.05) is 20.3 Å². The van der Waals surface area contributed by atoms with Crippen LogP contribution in [0.1, 0.15) is 12.8 Å². The number of rotatable bonds is 8. The van der Waals surface area contributed by atoms with Crippen LogP contribution < -0.4 is 10.3 Å². The highest BCUT2D eigenvalue weighted by Crippen LogP contribution is 2.36. The molecule has 1 aromatic carbocycles. The van der Waals surface area contributed by atoms with Crippen molar-refractivity contribution in [3.05, 3.63) is 63.0 Å². The Bertz CT molecular complexity index is 1090. The molecular formula is C21H21Cl2FN2O5. The number of carbonyl (C=O) groups is 1. The Hall–Kier alpha value is -2.71. The molecule has 166 valence electrons. The Morgan fingerprint density at radius 3 is 2.61 bits per heavy atom. The molecule has 0 unspecified atom stereocenters. The van der Waals surface area contributed by atoms with Crippen LogP contribution >= 0.6 is 23.2 Å². The maximum atomic E-state index is 14.7. The van der Waals surface area contributed by atoms with E-state index in [9.17, 15) is 14.0 Å². The number of nitrogens with zero attached hydrogens (tertiary/aromatic N) is 2. The van der Waals surface area contributed by atoms with E-state index in [1.165, 1.54) is 23.9 Å². The number of esters is 1. The quantitative estimate of drug-likeness (QED) is 0.250. The largest absolute Gasteiger partial charge is 0.497 e. The highest BCUT2D eigenvalue weighted by molar-refractivity contribution is 6.33. The SMILES string of the molecule is C=CCOC(=O)/C=C(\COc1cc(-c2c(Cl)n3n(c2=O)CCCC3)c(F)cc1Cl)OC. The predicted molar refractivity (Wildman–Crippen MR) is 115 cm³/mol. The minimum absolute atomic E-state index is 0.00821. The first-order valence-electron chi connectivity index (χ1n) is 9.50. The molecule has 0 spiro atoms. The van der Waals surface area contributed by atoms with Gasteiger partial charge in [0.15, 0.2) is 0 Å². The lowest BCUT2D eigenvalue weighted by molar-refractivity contribution is -0.136. The normalized spacial score (nSPS) is 13.5. The van der Waals surface area contributed by atoms with Crippen LogP contribution in [0.5, 0.6) is 5.75 Å². The first-order valence-corrected chi connectivity index (χ1v) is 10.3. The topological polar surface area (TPSA) is 71.7 Å². The standard InChI is InChI=1S/C21H21Cl2FN2O5/c1-3-8-30-18(27)9-13(29-2)12-31-17-10-14(16(24)11-15(17)22)19-20(23)25-6-4-5-7-26(25)21(19)28/h3,9-11H,1,4-8,12H2,2H3/b13-9+. The lowest BCUT2D eigenvalue weighted by Crippen LogP contribution is -2.27. The molecule has 1 aromatic heterocycles. The van der Waals surface area contributed by atoms with E-state index in [2.05, 4.69) is 6.58 Å². The second-order valence-electron chi connectivity index (χ2n) is 6.71. The Labute approximate surface area is 188 Å². The summed E-state index contributed by atoms with van der Waals surface area (Å²) >= 11 is 12.5. The Balaban J connectivity index is 1.90. The number of fused-ring (bicyclic) bond motifs is 1. The molecule has 2 aromatic rings. The fourth-order valence-corrected chi connectivity index (χ4v) is 3.77. The number of hydrogen-bond donors (Lipinski definition) is 0. The molecule has 3 rings (SSSR count). The van der Waals surface area contributed by atoms with E-state index in [1.807, 2.05) is 0 Å². The van der Waals surface area contributed by atoms with E-state index < -0.39 is 11.8 Å². The van der Waals surface area contributed by atoms with E-state index in [0.29, 0.717) is 13.1 Å². The van der Waals surface area contributed by atoms with Crippen LogP contribution in [0.2, 0.25) is 10.2 Å². The van der Waals surface area contributed by atoms with Gasteiger partial charge in [-0.25, -0.2) is 13.9 Å². The van der Waals surface area contributed by atoms with Gasteiger partial charge in [0.25, 0.3) is 5.56 Å². The number of halogens is 3. The number of aromatic nitrogens is 2. The zero-order valence-corrected chi connectivity index (χ0v) is 18.3. The molecular weight excluding hydrogens is 450 g/mol. The van der Waals surface area contributed by atoms with Gasteiger partial charge in [0.1, 0.15) is 35.7 Å². The van der Waals surface area contributed by atoms with Crippen LogP contribution in [-0.4, -0.2) is 35.7 Å². The summed E-state index contributed by atoms with van der Waals surface area (Å²) < 4.78 is 33.5. The van der Waals surface area contributed by atoms with Gasteiger partial charge >= 0.3 is 5.97 Å². The first kappa shape index (κ1) is 23.0. The summed E-state index contributed by atoms with van der Waals surface area (Å²) in [4.78, 5) is 24.5. The summed E-state index contributed by atoms with van der Waals surface area (Å²) in [5, 5.41) is 0.158. The molecule has 31 heavy (non-hydrogen) atoms. The molecule has 0 bridgehead atoms. The van der Waals surface area contributed by atoms with Crippen molar-refractivity contribution >= 4 is 29.2 Å². The van der Waals surface area contributed by atoms with Gasteiger partial charge in [0.05, 0.1) is 23.8 Å². The Kier molecular flexibility index (Phi) is 7.46. The van der Waals surface area contributed by atoms with E-state index in [1.54, 1.807) is 4.68 Å². The van der Waals surface area contributed by atoms with Gasteiger partial charge in [0, 0.05) is 18.7 Å². The smallest absolute Gasteiger partial charge is 0.334 e. The highest BCUT2D eigenvalue weighted by atomic mass is 35.5. The Morgan fingerprint density at radius 1 is 1.26 bits per heavy atom. The summed E-state index contributed by atoms with van der Waals surface area (Å²) in [6.07, 6.45) is 4.28. The summed E-state index contributed by atoms with van der Waals surface area (Å²) in [6.45, 7) is 4.43. The van der Waals surface area contributed by atoms with Crippen LogP contribution in [0, 0.1) is 5.82 Å². The van der Waals surface area contributed by atoms with Crippen LogP contribution in [-0.2, 0) is 27.4 Å². The average Bonchev–Trinajstić information content (AvgIpc) is 3.01. The van der Waals surface area contributed by atoms with Crippen molar-refractivity contribution in [1.82, 2.24) is 9.36 Å². The molecule has 1 aliphatic heterocycles. The summed E-state index contributed by atoms with van der Waals surface area (Å²) in [5.74, 6) is -1.07. The molecule has 0 aliphatic carbocycles. The monoisotopic (exact) mass is 470 g/mol. The van der Waals surface area contributed by atoms with Crippen molar-refractivity contribution in [2.45, 2.75) is 25.9 Å². The molecule has 1 aliphatic rings. The van der Waals surface area contributed by atoms with Gasteiger partial charge in [-0.2, -0.15) is 0 Å². The van der Waals surface area contributed by atoms with Gasteiger partial charge in [-0.3, -0.25) is 9.48 Å². The summed E-state index contributed by atoms with van der Waals surface area (Å²) in [6, 6.07) is 2.37. The third kappa shape index (κ3) is 4.97. The second kappa shape index (κ2) is 10.1. The van der Waals surface area contributed by atoms with Crippen molar-refractivity contribution in [3.8, 4) is 16.9 Å². The van der Waals surface area contributed by atoms with Crippen LogP contribution in [0.4, 0.5) is 4.39 Å². The molecule has 0 amide bonds. The molecule has 2 heterocycles. The van der Waals surface area contributed by atoms with E-state index in [-0.39, 0.29) is 51.6 Å². The van der Waals surface area contributed by atoms with Gasteiger partial charge in [-0.1, -0.05) is 35.9 Å². The van der Waals surface area contributed by atoms with Crippen LogP contribution in [0.15, 0.2) is 41.4 Å². The number of ether oxygens (including phenoxy) is 3. The predicted octanol–water partition coefficient (Wildman–Crippen LogP) is 4.19. The molecule has 10 heteroatoms.